The van der Waals surface area contributed by atoms with Gasteiger partial charge >= 0.3 is 0 Å². The van der Waals surface area contributed by atoms with Crippen molar-refractivity contribution in [3.63, 3.8) is 0 Å². The van der Waals surface area contributed by atoms with E-state index in [4.69, 9.17) is 9.47 Å². The number of carbonyl (C=O) groups excluding carboxylic acids is 1. The zero-order valence-electron chi connectivity index (χ0n) is 20.1. The topological polar surface area (TPSA) is 35.5 Å². The second kappa shape index (κ2) is 16.7. The lowest BCUT2D eigenvalue weighted by Gasteiger charge is -2.32. The maximum atomic E-state index is 10.3. The summed E-state index contributed by atoms with van der Waals surface area (Å²) >= 11 is 0. The first-order chi connectivity index (χ1) is 15.0. The van der Waals surface area contributed by atoms with E-state index in [1.807, 2.05) is 12.2 Å². The number of methoxy groups -OCH3 is 1. The molecular formula is C28H42O3. The van der Waals surface area contributed by atoms with Crippen LogP contribution in [0.5, 0.6) is 0 Å². The number of hydrogen-bond acceptors (Lipinski definition) is 3. The molecule has 3 nitrogen and oxygen atoms in total. The lowest BCUT2D eigenvalue weighted by Crippen LogP contribution is -2.32. The van der Waals surface area contributed by atoms with Gasteiger partial charge in [0.2, 0.25) is 0 Å². The minimum Gasteiger partial charge on any atom is -0.377 e. The van der Waals surface area contributed by atoms with E-state index >= 15 is 0 Å². The van der Waals surface area contributed by atoms with Crippen LogP contribution in [0.4, 0.5) is 0 Å². The summed E-state index contributed by atoms with van der Waals surface area (Å²) in [5.41, 5.74) is 2.60. The third-order valence-electron chi connectivity index (χ3n) is 5.62. The van der Waals surface area contributed by atoms with Crippen LogP contribution < -0.4 is 0 Å². The number of aldehydes is 1. The highest BCUT2D eigenvalue weighted by Gasteiger charge is 2.25. The minimum absolute atomic E-state index is 0.00375. The third kappa shape index (κ3) is 12.5. The molecule has 1 aliphatic heterocycles. The van der Waals surface area contributed by atoms with Crippen molar-refractivity contribution < 1.29 is 14.3 Å². The number of rotatable bonds is 13. The van der Waals surface area contributed by atoms with Crippen LogP contribution in [0.3, 0.4) is 0 Å². The summed E-state index contributed by atoms with van der Waals surface area (Å²) in [6.45, 7) is 8.63. The smallest absolute Gasteiger partial charge is 0.142 e. The van der Waals surface area contributed by atoms with Crippen LogP contribution in [0.2, 0.25) is 0 Å². The molecule has 1 heterocycles. The Morgan fingerprint density at radius 2 is 2.00 bits per heavy atom. The summed E-state index contributed by atoms with van der Waals surface area (Å²) in [5, 5.41) is 0. The van der Waals surface area contributed by atoms with Crippen LogP contribution >= 0.6 is 0 Å². The Morgan fingerprint density at radius 3 is 2.71 bits per heavy atom. The van der Waals surface area contributed by atoms with Crippen molar-refractivity contribution in [1.29, 1.82) is 0 Å². The zero-order valence-corrected chi connectivity index (χ0v) is 20.1. The van der Waals surface area contributed by atoms with Gasteiger partial charge in [0, 0.05) is 7.11 Å². The second-order valence-electron chi connectivity index (χ2n) is 8.40. The van der Waals surface area contributed by atoms with Gasteiger partial charge in [-0.1, -0.05) is 72.8 Å². The van der Waals surface area contributed by atoms with Gasteiger partial charge in [-0.15, -0.1) is 0 Å². The average Bonchev–Trinajstić information content (AvgIpc) is 2.76. The lowest BCUT2D eigenvalue weighted by atomic mass is 9.92. The Labute approximate surface area is 190 Å². The lowest BCUT2D eigenvalue weighted by molar-refractivity contribution is -0.104. The number of hydrogen-bond donors (Lipinski definition) is 0. The summed E-state index contributed by atoms with van der Waals surface area (Å²) in [4.78, 5) is 10.3. The van der Waals surface area contributed by atoms with E-state index in [-0.39, 0.29) is 12.2 Å². The van der Waals surface area contributed by atoms with E-state index in [2.05, 4.69) is 70.2 Å². The largest absolute Gasteiger partial charge is 0.377 e. The maximum Gasteiger partial charge on any atom is 0.142 e. The molecule has 3 heteroatoms. The Morgan fingerprint density at radius 1 is 1.19 bits per heavy atom. The van der Waals surface area contributed by atoms with E-state index in [0.717, 1.165) is 32.0 Å². The van der Waals surface area contributed by atoms with E-state index in [1.165, 1.54) is 23.6 Å². The molecular weight excluding hydrogens is 384 g/mol. The van der Waals surface area contributed by atoms with Crippen molar-refractivity contribution in [1.82, 2.24) is 0 Å². The zero-order chi connectivity index (χ0) is 22.9. The monoisotopic (exact) mass is 426 g/mol. The highest BCUT2D eigenvalue weighted by molar-refractivity contribution is 5.64. The maximum absolute atomic E-state index is 10.3. The summed E-state index contributed by atoms with van der Waals surface area (Å²) in [5.74, 6) is 0.615. The molecule has 0 saturated carbocycles. The molecule has 0 N–H and O–H groups in total. The molecule has 0 bridgehead atoms. The number of allylic oxidation sites excluding steroid dienone is 8. The number of carbonyl (C=O) groups is 1. The van der Waals surface area contributed by atoms with Gasteiger partial charge in [0.1, 0.15) is 6.29 Å². The first kappa shape index (κ1) is 27.1. The standard InChI is InChI=1S/C28H42O3/c1-6-12-28-25(4)19-21-27(31-28)17-8-7-13-23(2)14-11-15-24(3)18-20-26(30-5)16-9-10-22-29/h6-10,12-13,15,18,20,22,25-28H,11,14,16-17,19,21H2,1-5H3/b8-7+,10-9-,12-6+,20-18+,23-13+,24-15-. The molecule has 4 atom stereocenters. The molecule has 1 aliphatic rings. The Bertz CT molecular complexity index is 678. The average molecular weight is 427 g/mol. The normalized spacial score (nSPS) is 24.7. The predicted octanol–water partition coefficient (Wildman–Crippen LogP) is 7.08. The van der Waals surface area contributed by atoms with Crippen LogP contribution in [0, 0.1) is 5.92 Å². The first-order valence-electron chi connectivity index (χ1n) is 11.6. The highest BCUT2D eigenvalue weighted by Crippen LogP contribution is 2.27. The molecule has 172 valence electrons. The predicted molar refractivity (Wildman–Crippen MR) is 132 cm³/mol. The van der Waals surface area contributed by atoms with Gasteiger partial charge in [-0.3, -0.25) is 4.79 Å². The van der Waals surface area contributed by atoms with Gasteiger partial charge in [0.05, 0.1) is 18.3 Å². The molecule has 0 spiro atoms. The molecule has 0 radical (unpaired) electrons. The highest BCUT2D eigenvalue weighted by atomic mass is 16.5. The fourth-order valence-corrected chi connectivity index (χ4v) is 3.56. The van der Waals surface area contributed by atoms with Crippen molar-refractivity contribution in [2.24, 2.45) is 5.92 Å². The molecule has 31 heavy (non-hydrogen) atoms. The fraction of sp³-hybridized carbons (Fsp3) is 0.536. The van der Waals surface area contributed by atoms with Crippen molar-refractivity contribution in [3.05, 3.63) is 71.9 Å². The van der Waals surface area contributed by atoms with Gasteiger partial charge in [0.25, 0.3) is 0 Å². The molecule has 0 aromatic heterocycles. The molecule has 1 fully saturated rings. The molecule has 4 unspecified atom stereocenters. The molecule has 1 rings (SSSR count). The SMILES string of the molecule is C/C=C/C1OC(C/C=C/C=C(\C)CC/C=C(C)\C=C\C(C/C=C\C=O)OC)CCC1C. The Kier molecular flexibility index (Phi) is 14.6. The van der Waals surface area contributed by atoms with Gasteiger partial charge in [-0.2, -0.15) is 0 Å². The Balaban J connectivity index is 2.37. The molecule has 0 aliphatic carbocycles. The summed E-state index contributed by atoms with van der Waals surface area (Å²) in [6, 6.07) is 0. The van der Waals surface area contributed by atoms with E-state index in [9.17, 15) is 4.79 Å². The van der Waals surface area contributed by atoms with Crippen LogP contribution in [0.1, 0.15) is 66.2 Å². The minimum atomic E-state index is -0.00375. The number of ether oxygens (including phenoxy) is 2. The van der Waals surface area contributed by atoms with Gasteiger partial charge in [0.15, 0.2) is 0 Å². The van der Waals surface area contributed by atoms with Gasteiger partial charge < -0.3 is 9.47 Å². The second-order valence-corrected chi connectivity index (χ2v) is 8.40. The molecule has 0 amide bonds. The van der Waals surface area contributed by atoms with Crippen LogP contribution in [-0.2, 0) is 14.3 Å². The van der Waals surface area contributed by atoms with E-state index in [0.29, 0.717) is 18.4 Å². The third-order valence-corrected chi connectivity index (χ3v) is 5.62. The van der Waals surface area contributed by atoms with Crippen molar-refractivity contribution in [3.8, 4) is 0 Å². The molecule has 1 saturated heterocycles. The van der Waals surface area contributed by atoms with Gasteiger partial charge in [-0.25, -0.2) is 0 Å². The first-order valence-corrected chi connectivity index (χ1v) is 11.6. The van der Waals surface area contributed by atoms with Crippen LogP contribution in [-0.4, -0.2) is 31.7 Å². The van der Waals surface area contributed by atoms with Crippen molar-refractivity contribution in [2.75, 3.05) is 7.11 Å². The van der Waals surface area contributed by atoms with Crippen molar-refractivity contribution in [2.45, 2.75) is 84.5 Å². The molecule has 0 aromatic rings. The fourth-order valence-electron chi connectivity index (χ4n) is 3.56. The van der Waals surface area contributed by atoms with Gasteiger partial charge in [-0.05, 0) is 71.3 Å². The summed E-state index contributed by atoms with van der Waals surface area (Å²) in [6.07, 6.45) is 28.2. The van der Waals surface area contributed by atoms with Crippen LogP contribution in [0.15, 0.2) is 71.9 Å². The van der Waals surface area contributed by atoms with E-state index < -0.39 is 0 Å². The molecule has 0 aromatic carbocycles. The summed E-state index contributed by atoms with van der Waals surface area (Å²) < 4.78 is 11.6. The van der Waals surface area contributed by atoms with Crippen molar-refractivity contribution >= 4 is 6.29 Å². The van der Waals surface area contributed by atoms with Crippen LogP contribution in [0.25, 0.3) is 0 Å². The Hall–Kier alpha value is -1.97. The summed E-state index contributed by atoms with van der Waals surface area (Å²) in [7, 11) is 1.69. The quantitative estimate of drug-likeness (QED) is 0.137. The van der Waals surface area contributed by atoms with E-state index in [1.54, 1.807) is 7.11 Å².